The Kier molecular flexibility index (Phi) is 5.83. The van der Waals surface area contributed by atoms with Crippen LogP contribution in [0.25, 0.3) is 0 Å². The summed E-state index contributed by atoms with van der Waals surface area (Å²) in [5, 5.41) is 11.6. The van der Waals surface area contributed by atoms with Crippen molar-refractivity contribution >= 4 is 39.4 Å². The standard InChI is InChI=1S/C13H15BrClNO4/c1-6-4-9(11(14)7(2)12(6)15)20-5-10(17)16-8(3)13(18)19/h4,8H,5H2,1-3H3,(H,16,17)(H,18,19). The molecule has 7 heteroatoms. The number of carboxylic acid groups (broad SMARTS) is 1. The SMILES string of the molecule is Cc1cc(OCC(=O)NC(C)C(=O)O)c(Br)c(C)c1Cl. The Hall–Kier alpha value is -1.27. The number of rotatable bonds is 5. The highest BCUT2D eigenvalue weighted by atomic mass is 79.9. The van der Waals surface area contributed by atoms with Crippen molar-refractivity contribution in [2.24, 2.45) is 0 Å². The summed E-state index contributed by atoms with van der Waals surface area (Å²) in [7, 11) is 0. The van der Waals surface area contributed by atoms with Gasteiger partial charge >= 0.3 is 5.97 Å². The molecule has 0 fully saturated rings. The van der Waals surface area contributed by atoms with Gasteiger partial charge < -0.3 is 15.2 Å². The number of carbonyl (C=O) groups is 2. The third kappa shape index (κ3) is 4.11. The van der Waals surface area contributed by atoms with E-state index in [1.54, 1.807) is 6.07 Å². The van der Waals surface area contributed by atoms with Crippen LogP contribution >= 0.6 is 27.5 Å². The highest BCUT2D eigenvalue weighted by Gasteiger charge is 2.16. The first kappa shape index (κ1) is 16.8. The van der Waals surface area contributed by atoms with Crippen molar-refractivity contribution in [3.63, 3.8) is 0 Å². The fourth-order valence-corrected chi connectivity index (χ4v) is 2.18. The maximum absolute atomic E-state index is 11.5. The zero-order chi connectivity index (χ0) is 15.4. The number of halogens is 2. The summed E-state index contributed by atoms with van der Waals surface area (Å²) in [5.74, 6) is -1.11. The average molecular weight is 365 g/mol. The predicted octanol–water partition coefficient (Wildman–Crippen LogP) is 2.69. The summed E-state index contributed by atoms with van der Waals surface area (Å²) in [5.41, 5.74) is 1.66. The largest absolute Gasteiger partial charge is 0.483 e. The van der Waals surface area contributed by atoms with Crippen molar-refractivity contribution in [1.29, 1.82) is 0 Å². The molecule has 0 saturated carbocycles. The van der Waals surface area contributed by atoms with E-state index in [4.69, 9.17) is 21.4 Å². The van der Waals surface area contributed by atoms with Gasteiger partial charge in [0.1, 0.15) is 11.8 Å². The summed E-state index contributed by atoms with van der Waals surface area (Å²) in [6.45, 7) is 4.78. The molecule has 0 aliphatic heterocycles. The number of ether oxygens (including phenoxy) is 1. The number of aryl methyl sites for hydroxylation is 1. The molecule has 1 amide bonds. The molecule has 1 rings (SSSR count). The summed E-state index contributed by atoms with van der Waals surface area (Å²) in [4.78, 5) is 22.2. The minimum absolute atomic E-state index is 0.267. The first-order valence-corrected chi connectivity index (χ1v) is 7.01. The smallest absolute Gasteiger partial charge is 0.325 e. The predicted molar refractivity (Wildman–Crippen MR) is 79.4 cm³/mol. The highest BCUT2D eigenvalue weighted by Crippen LogP contribution is 2.35. The molecule has 0 spiro atoms. The minimum Gasteiger partial charge on any atom is -0.483 e. The topological polar surface area (TPSA) is 75.6 Å². The molecule has 5 nitrogen and oxygen atoms in total. The average Bonchev–Trinajstić information content (AvgIpc) is 2.38. The molecule has 1 aromatic rings. The monoisotopic (exact) mass is 363 g/mol. The zero-order valence-corrected chi connectivity index (χ0v) is 13.6. The van der Waals surface area contributed by atoms with Gasteiger partial charge in [0.05, 0.1) is 4.47 Å². The van der Waals surface area contributed by atoms with Crippen molar-refractivity contribution in [2.75, 3.05) is 6.61 Å². The molecule has 110 valence electrons. The van der Waals surface area contributed by atoms with E-state index in [1.165, 1.54) is 6.92 Å². The Bertz CT molecular complexity index is 548. The second kappa shape index (κ2) is 6.95. The van der Waals surface area contributed by atoms with E-state index >= 15 is 0 Å². The van der Waals surface area contributed by atoms with Crippen LogP contribution in [-0.2, 0) is 9.59 Å². The lowest BCUT2D eigenvalue weighted by molar-refractivity contribution is -0.141. The summed E-state index contributed by atoms with van der Waals surface area (Å²) < 4.78 is 6.06. The van der Waals surface area contributed by atoms with Gasteiger partial charge in [0.2, 0.25) is 0 Å². The van der Waals surface area contributed by atoms with E-state index in [0.717, 1.165) is 11.1 Å². The number of carbonyl (C=O) groups excluding carboxylic acids is 1. The molecule has 0 aliphatic rings. The Morgan fingerprint density at radius 1 is 1.50 bits per heavy atom. The van der Waals surface area contributed by atoms with Gasteiger partial charge in [-0.2, -0.15) is 0 Å². The summed E-state index contributed by atoms with van der Waals surface area (Å²) in [6, 6.07) is 0.760. The van der Waals surface area contributed by atoms with E-state index in [-0.39, 0.29) is 6.61 Å². The van der Waals surface area contributed by atoms with Crippen LogP contribution in [0.2, 0.25) is 5.02 Å². The molecule has 1 aromatic carbocycles. The van der Waals surface area contributed by atoms with Gasteiger partial charge in [0.15, 0.2) is 6.61 Å². The van der Waals surface area contributed by atoms with E-state index in [2.05, 4.69) is 21.2 Å². The second-order valence-electron chi connectivity index (χ2n) is 4.36. The Morgan fingerprint density at radius 2 is 2.10 bits per heavy atom. The number of nitrogens with one attached hydrogen (secondary N) is 1. The lowest BCUT2D eigenvalue weighted by Gasteiger charge is -2.14. The molecule has 2 N–H and O–H groups in total. The van der Waals surface area contributed by atoms with Crippen molar-refractivity contribution < 1.29 is 19.4 Å². The van der Waals surface area contributed by atoms with Crippen LogP contribution in [-0.4, -0.2) is 29.6 Å². The fraction of sp³-hybridized carbons (Fsp3) is 0.385. The molecule has 0 radical (unpaired) electrons. The Morgan fingerprint density at radius 3 is 2.65 bits per heavy atom. The molecule has 0 bridgehead atoms. The van der Waals surface area contributed by atoms with Gasteiger partial charge in [-0.05, 0) is 53.9 Å². The molecule has 0 aliphatic carbocycles. The molecule has 1 unspecified atom stereocenters. The Balaban J connectivity index is 2.71. The van der Waals surface area contributed by atoms with Crippen LogP contribution in [0, 0.1) is 13.8 Å². The van der Waals surface area contributed by atoms with Crippen molar-refractivity contribution in [3.05, 3.63) is 26.7 Å². The van der Waals surface area contributed by atoms with Crippen molar-refractivity contribution in [3.8, 4) is 5.75 Å². The van der Waals surface area contributed by atoms with Crippen LogP contribution in [0.15, 0.2) is 10.5 Å². The lowest BCUT2D eigenvalue weighted by atomic mass is 10.1. The van der Waals surface area contributed by atoms with Gasteiger partial charge in [0, 0.05) is 5.02 Å². The molecular weight excluding hydrogens is 350 g/mol. The number of hydrogen-bond donors (Lipinski definition) is 2. The lowest BCUT2D eigenvalue weighted by Crippen LogP contribution is -2.40. The Labute approximate surface area is 130 Å². The van der Waals surface area contributed by atoms with Gasteiger partial charge in [-0.15, -0.1) is 0 Å². The van der Waals surface area contributed by atoms with Crippen LogP contribution in [0.3, 0.4) is 0 Å². The number of aliphatic carboxylic acids is 1. The third-order valence-electron chi connectivity index (χ3n) is 2.68. The third-order valence-corrected chi connectivity index (χ3v) is 4.24. The van der Waals surface area contributed by atoms with Crippen molar-refractivity contribution in [2.45, 2.75) is 26.8 Å². The van der Waals surface area contributed by atoms with Gasteiger partial charge in [-0.3, -0.25) is 9.59 Å². The van der Waals surface area contributed by atoms with E-state index in [9.17, 15) is 9.59 Å². The highest BCUT2D eigenvalue weighted by molar-refractivity contribution is 9.10. The normalized spacial score (nSPS) is 11.8. The van der Waals surface area contributed by atoms with Crippen LogP contribution in [0.1, 0.15) is 18.1 Å². The van der Waals surface area contributed by atoms with E-state index in [0.29, 0.717) is 15.2 Å². The number of carboxylic acids is 1. The fourth-order valence-electron chi connectivity index (χ4n) is 1.49. The maximum atomic E-state index is 11.5. The molecule has 0 heterocycles. The number of benzene rings is 1. The number of amides is 1. The van der Waals surface area contributed by atoms with E-state index < -0.39 is 17.9 Å². The minimum atomic E-state index is -1.10. The van der Waals surface area contributed by atoms with Crippen LogP contribution in [0.4, 0.5) is 0 Å². The van der Waals surface area contributed by atoms with Gasteiger partial charge in [0.25, 0.3) is 5.91 Å². The molecule has 20 heavy (non-hydrogen) atoms. The summed E-state index contributed by atoms with van der Waals surface area (Å²) >= 11 is 9.45. The zero-order valence-electron chi connectivity index (χ0n) is 11.3. The molecule has 1 atom stereocenters. The van der Waals surface area contributed by atoms with Crippen molar-refractivity contribution in [1.82, 2.24) is 5.32 Å². The van der Waals surface area contributed by atoms with Crippen LogP contribution in [0.5, 0.6) is 5.75 Å². The van der Waals surface area contributed by atoms with Crippen LogP contribution < -0.4 is 10.1 Å². The maximum Gasteiger partial charge on any atom is 0.325 e. The first-order valence-electron chi connectivity index (χ1n) is 5.84. The molecule has 0 aromatic heterocycles. The quantitative estimate of drug-likeness (QED) is 0.842. The first-order chi connectivity index (χ1) is 9.23. The van der Waals surface area contributed by atoms with Gasteiger partial charge in [-0.25, -0.2) is 0 Å². The molecule has 0 saturated heterocycles. The summed E-state index contributed by atoms with van der Waals surface area (Å²) in [6.07, 6.45) is 0. The second-order valence-corrected chi connectivity index (χ2v) is 5.53. The molecular formula is C13H15BrClNO4. The number of hydrogen-bond acceptors (Lipinski definition) is 3. The van der Waals surface area contributed by atoms with E-state index in [1.807, 2.05) is 13.8 Å². The van der Waals surface area contributed by atoms with Gasteiger partial charge in [-0.1, -0.05) is 11.6 Å².